The summed E-state index contributed by atoms with van der Waals surface area (Å²) in [7, 11) is 0. The third-order valence-electron chi connectivity index (χ3n) is 6.44. The predicted octanol–water partition coefficient (Wildman–Crippen LogP) is 8.74. The summed E-state index contributed by atoms with van der Waals surface area (Å²) < 4.78 is 5.10. The maximum Gasteiger partial charge on any atom is 0.259 e. The molecule has 2 heteroatoms. The first-order valence-electron chi connectivity index (χ1n) is 13.2. The lowest BCUT2D eigenvalue weighted by atomic mass is 10.1. The van der Waals surface area contributed by atoms with Crippen LogP contribution < -0.4 is 4.57 Å². The van der Waals surface area contributed by atoms with Gasteiger partial charge in [-0.05, 0) is 32.6 Å². The SMILES string of the molecule is CCCCCCCCCCCCCC[n+]1ccn(C(C)CCCCC)c1C(C)C. The van der Waals surface area contributed by atoms with Crippen LogP contribution in [0.3, 0.4) is 0 Å². The third-order valence-corrected chi connectivity index (χ3v) is 6.44. The van der Waals surface area contributed by atoms with E-state index in [-0.39, 0.29) is 0 Å². The Hall–Kier alpha value is -0.790. The highest BCUT2D eigenvalue weighted by Gasteiger charge is 2.23. The Morgan fingerprint density at radius 3 is 1.69 bits per heavy atom. The summed E-state index contributed by atoms with van der Waals surface area (Å²) >= 11 is 0. The topological polar surface area (TPSA) is 8.81 Å². The van der Waals surface area contributed by atoms with Crippen LogP contribution in [0.5, 0.6) is 0 Å². The minimum absolute atomic E-state index is 0.593. The van der Waals surface area contributed by atoms with Crippen molar-refractivity contribution in [2.75, 3.05) is 0 Å². The molecule has 1 aromatic rings. The van der Waals surface area contributed by atoms with E-state index in [1.54, 1.807) is 0 Å². The largest absolute Gasteiger partial charge is 0.259 e. The number of nitrogens with zero attached hydrogens (tertiary/aromatic N) is 2. The molecule has 0 amide bonds. The maximum atomic E-state index is 2.56. The number of hydrogen-bond acceptors (Lipinski definition) is 0. The van der Waals surface area contributed by atoms with E-state index in [1.165, 1.54) is 115 Å². The zero-order valence-electron chi connectivity index (χ0n) is 20.7. The Morgan fingerprint density at radius 1 is 0.690 bits per heavy atom. The van der Waals surface area contributed by atoms with E-state index < -0.39 is 0 Å². The molecule has 0 saturated carbocycles. The molecule has 0 radical (unpaired) electrons. The van der Waals surface area contributed by atoms with Gasteiger partial charge in [-0.15, -0.1) is 0 Å². The second-order valence-electron chi connectivity index (χ2n) is 9.65. The van der Waals surface area contributed by atoms with Crippen molar-refractivity contribution >= 4 is 0 Å². The second-order valence-corrected chi connectivity index (χ2v) is 9.65. The molecule has 170 valence electrons. The highest BCUT2D eigenvalue weighted by molar-refractivity contribution is 4.92. The van der Waals surface area contributed by atoms with Gasteiger partial charge in [0.15, 0.2) is 0 Å². The van der Waals surface area contributed by atoms with Gasteiger partial charge in [-0.1, -0.05) is 105 Å². The van der Waals surface area contributed by atoms with Gasteiger partial charge in [-0.25, -0.2) is 9.13 Å². The molecule has 0 bridgehead atoms. The van der Waals surface area contributed by atoms with Crippen LogP contribution in [-0.4, -0.2) is 4.57 Å². The zero-order chi connectivity index (χ0) is 21.3. The minimum Gasteiger partial charge on any atom is -0.234 e. The molecule has 0 N–H and O–H groups in total. The quantitative estimate of drug-likeness (QED) is 0.161. The first-order valence-corrected chi connectivity index (χ1v) is 13.2. The van der Waals surface area contributed by atoms with E-state index in [9.17, 15) is 0 Å². The summed E-state index contributed by atoms with van der Waals surface area (Å²) in [4.78, 5) is 0. The highest BCUT2D eigenvalue weighted by Crippen LogP contribution is 2.21. The summed E-state index contributed by atoms with van der Waals surface area (Å²) in [5, 5.41) is 0. The van der Waals surface area contributed by atoms with Crippen molar-refractivity contribution in [2.45, 2.75) is 156 Å². The van der Waals surface area contributed by atoms with Gasteiger partial charge >= 0.3 is 0 Å². The molecule has 0 aliphatic heterocycles. The normalized spacial score (nSPS) is 12.8. The van der Waals surface area contributed by atoms with Crippen molar-refractivity contribution in [2.24, 2.45) is 0 Å². The number of aryl methyl sites for hydroxylation is 1. The molecule has 1 unspecified atom stereocenters. The summed E-state index contributed by atoms with van der Waals surface area (Å²) in [6.07, 6.45) is 27.1. The standard InChI is InChI=1S/C27H53N2/c1-6-8-10-11-12-13-14-15-16-17-18-20-22-28-23-24-29(27(28)25(3)4)26(5)21-19-9-7-2/h23-26H,6-22H2,1-5H3/q+1. The van der Waals surface area contributed by atoms with E-state index in [4.69, 9.17) is 0 Å². The monoisotopic (exact) mass is 405 g/mol. The summed E-state index contributed by atoms with van der Waals surface area (Å²) in [5.74, 6) is 2.12. The maximum absolute atomic E-state index is 2.56. The van der Waals surface area contributed by atoms with Crippen LogP contribution in [-0.2, 0) is 6.54 Å². The van der Waals surface area contributed by atoms with Crippen molar-refractivity contribution in [1.29, 1.82) is 0 Å². The molecule has 0 saturated heterocycles. The van der Waals surface area contributed by atoms with Gasteiger partial charge in [0.1, 0.15) is 12.4 Å². The first-order chi connectivity index (χ1) is 14.1. The fourth-order valence-electron chi connectivity index (χ4n) is 4.60. The second kappa shape index (κ2) is 16.9. The van der Waals surface area contributed by atoms with Crippen LogP contribution in [0.25, 0.3) is 0 Å². The number of imidazole rings is 1. The average molecular weight is 406 g/mol. The lowest BCUT2D eigenvalue weighted by Crippen LogP contribution is -2.38. The molecule has 0 aromatic carbocycles. The van der Waals surface area contributed by atoms with Gasteiger partial charge in [0.2, 0.25) is 0 Å². The number of hydrogen-bond donors (Lipinski definition) is 0. The molecule has 1 rings (SSSR count). The van der Waals surface area contributed by atoms with E-state index in [2.05, 4.69) is 56.1 Å². The average Bonchev–Trinajstić information content (AvgIpc) is 3.13. The number of unbranched alkanes of at least 4 members (excludes halogenated alkanes) is 13. The molecule has 29 heavy (non-hydrogen) atoms. The summed E-state index contributed by atoms with van der Waals surface area (Å²) in [6.45, 7) is 12.9. The molecule has 0 aliphatic carbocycles. The molecule has 1 heterocycles. The Balaban J connectivity index is 2.22. The van der Waals surface area contributed by atoms with E-state index in [0.717, 1.165) is 0 Å². The Kier molecular flexibility index (Phi) is 15.3. The van der Waals surface area contributed by atoms with Crippen LogP contribution in [0.1, 0.15) is 155 Å². The molecule has 1 aromatic heterocycles. The van der Waals surface area contributed by atoms with E-state index in [0.29, 0.717) is 12.0 Å². The van der Waals surface area contributed by atoms with Crippen molar-refractivity contribution in [3.63, 3.8) is 0 Å². The van der Waals surface area contributed by atoms with Gasteiger partial charge in [0, 0.05) is 0 Å². The number of rotatable bonds is 19. The lowest BCUT2D eigenvalue weighted by molar-refractivity contribution is -0.705. The molecular weight excluding hydrogens is 352 g/mol. The van der Waals surface area contributed by atoms with Crippen LogP contribution in [0.15, 0.2) is 12.4 Å². The highest BCUT2D eigenvalue weighted by atomic mass is 15.2. The molecule has 0 aliphatic rings. The van der Waals surface area contributed by atoms with Crippen LogP contribution >= 0.6 is 0 Å². The van der Waals surface area contributed by atoms with Crippen molar-refractivity contribution < 1.29 is 4.57 Å². The van der Waals surface area contributed by atoms with Crippen molar-refractivity contribution in [3.8, 4) is 0 Å². The smallest absolute Gasteiger partial charge is 0.234 e. The van der Waals surface area contributed by atoms with Crippen LogP contribution in [0.4, 0.5) is 0 Å². The molecular formula is C27H53N2+. The van der Waals surface area contributed by atoms with Gasteiger partial charge in [0.05, 0.1) is 18.5 Å². The summed E-state index contributed by atoms with van der Waals surface area (Å²) in [6, 6.07) is 0.627. The van der Waals surface area contributed by atoms with Gasteiger partial charge in [-0.2, -0.15) is 0 Å². The fraction of sp³-hybridized carbons (Fsp3) is 0.889. The first kappa shape index (κ1) is 26.2. The Labute approximate surface area is 183 Å². The Bertz CT molecular complexity index is 489. The van der Waals surface area contributed by atoms with Crippen LogP contribution in [0, 0.1) is 0 Å². The molecule has 1 atom stereocenters. The summed E-state index contributed by atoms with van der Waals surface area (Å²) in [5.41, 5.74) is 0. The van der Waals surface area contributed by atoms with E-state index in [1.807, 2.05) is 0 Å². The minimum atomic E-state index is 0.593. The van der Waals surface area contributed by atoms with Gasteiger partial charge < -0.3 is 0 Å². The van der Waals surface area contributed by atoms with Gasteiger partial charge in [-0.3, -0.25) is 0 Å². The zero-order valence-corrected chi connectivity index (χ0v) is 20.7. The van der Waals surface area contributed by atoms with E-state index >= 15 is 0 Å². The molecule has 0 fully saturated rings. The Morgan fingerprint density at radius 2 is 1.17 bits per heavy atom. The molecule has 0 spiro atoms. The van der Waals surface area contributed by atoms with Gasteiger partial charge in [0.25, 0.3) is 5.82 Å². The van der Waals surface area contributed by atoms with Crippen molar-refractivity contribution in [1.82, 2.24) is 4.57 Å². The molecule has 2 nitrogen and oxygen atoms in total. The van der Waals surface area contributed by atoms with Crippen LogP contribution in [0.2, 0.25) is 0 Å². The fourth-order valence-corrected chi connectivity index (χ4v) is 4.60. The number of aromatic nitrogens is 2. The third kappa shape index (κ3) is 11.2. The predicted molar refractivity (Wildman–Crippen MR) is 129 cm³/mol. The lowest BCUT2D eigenvalue weighted by Gasteiger charge is -2.13. The van der Waals surface area contributed by atoms with Crippen molar-refractivity contribution in [3.05, 3.63) is 18.2 Å².